The van der Waals surface area contributed by atoms with Gasteiger partial charge >= 0.3 is 0 Å². The molecule has 2 rings (SSSR count). The van der Waals surface area contributed by atoms with E-state index in [0.717, 1.165) is 19.3 Å². The van der Waals surface area contributed by atoms with Gasteiger partial charge in [0, 0.05) is 6.42 Å². The standard InChI is InChI=1S/C20H38O9/c1-3-11(4-2)5-6-12(18-17(25)15(23)13(21)9-28-18)7-8-20(27)19(26)16(24)14(22)10-29-20/h11-19,21-27H,3-10H2,1-2H3/t12?,13-,14-,15+,16+,17-,18+,19-,20-/m1/s1. The summed E-state index contributed by atoms with van der Waals surface area (Å²) in [5.74, 6) is -1.80. The molecule has 2 saturated heterocycles. The normalized spacial score (nSPS) is 42.2. The van der Waals surface area contributed by atoms with Crippen molar-refractivity contribution in [2.24, 2.45) is 11.8 Å². The van der Waals surface area contributed by atoms with Crippen molar-refractivity contribution in [3.63, 3.8) is 0 Å². The molecule has 0 aromatic heterocycles. The van der Waals surface area contributed by atoms with E-state index in [9.17, 15) is 35.7 Å². The third kappa shape index (κ3) is 5.87. The molecule has 0 aromatic rings. The molecule has 0 radical (unpaired) electrons. The number of hydrogen-bond acceptors (Lipinski definition) is 9. The summed E-state index contributed by atoms with van der Waals surface area (Å²) < 4.78 is 10.9. The van der Waals surface area contributed by atoms with Crippen LogP contribution in [0, 0.1) is 11.8 Å². The van der Waals surface area contributed by atoms with E-state index in [-0.39, 0.29) is 25.6 Å². The second-order valence-electron chi connectivity index (χ2n) is 8.56. The lowest BCUT2D eigenvalue weighted by Crippen LogP contribution is -2.61. The number of rotatable bonds is 9. The number of hydrogen-bond donors (Lipinski definition) is 7. The Morgan fingerprint density at radius 2 is 1.45 bits per heavy atom. The maximum Gasteiger partial charge on any atom is 0.194 e. The van der Waals surface area contributed by atoms with Gasteiger partial charge in [0.05, 0.1) is 19.3 Å². The highest BCUT2D eigenvalue weighted by molar-refractivity contribution is 4.94. The van der Waals surface area contributed by atoms with Crippen LogP contribution in [0.3, 0.4) is 0 Å². The highest BCUT2D eigenvalue weighted by Gasteiger charge is 2.49. The average Bonchev–Trinajstić information content (AvgIpc) is 2.71. The van der Waals surface area contributed by atoms with E-state index < -0.39 is 48.5 Å². The monoisotopic (exact) mass is 422 g/mol. The first-order valence-electron chi connectivity index (χ1n) is 10.7. The Morgan fingerprint density at radius 3 is 2.07 bits per heavy atom. The van der Waals surface area contributed by atoms with Gasteiger partial charge in [-0.3, -0.25) is 0 Å². The molecule has 29 heavy (non-hydrogen) atoms. The van der Waals surface area contributed by atoms with Gasteiger partial charge in [-0.15, -0.1) is 0 Å². The molecule has 2 fully saturated rings. The molecule has 2 aliphatic heterocycles. The van der Waals surface area contributed by atoms with Gasteiger partial charge in [-0.1, -0.05) is 33.1 Å². The van der Waals surface area contributed by atoms with Gasteiger partial charge in [0.15, 0.2) is 5.79 Å². The second-order valence-corrected chi connectivity index (χ2v) is 8.56. The van der Waals surface area contributed by atoms with E-state index in [1.807, 2.05) is 0 Å². The summed E-state index contributed by atoms with van der Waals surface area (Å²) in [7, 11) is 0. The molecule has 0 bridgehead atoms. The van der Waals surface area contributed by atoms with Crippen molar-refractivity contribution in [3.05, 3.63) is 0 Å². The highest BCUT2D eigenvalue weighted by atomic mass is 16.6. The first-order chi connectivity index (χ1) is 13.6. The van der Waals surface area contributed by atoms with E-state index in [1.165, 1.54) is 0 Å². The van der Waals surface area contributed by atoms with Crippen molar-refractivity contribution in [2.45, 2.75) is 101 Å². The van der Waals surface area contributed by atoms with Crippen LogP contribution in [0.15, 0.2) is 0 Å². The molecule has 0 aromatic carbocycles. The van der Waals surface area contributed by atoms with Crippen molar-refractivity contribution in [3.8, 4) is 0 Å². The van der Waals surface area contributed by atoms with Crippen molar-refractivity contribution in [1.29, 1.82) is 0 Å². The molecule has 9 heteroatoms. The van der Waals surface area contributed by atoms with E-state index in [0.29, 0.717) is 18.8 Å². The minimum atomic E-state index is -2.02. The van der Waals surface area contributed by atoms with Crippen molar-refractivity contribution < 1.29 is 45.2 Å². The van der Waals surface area contributed by atoms with Gasteiger partial charge in [0.25, 0.3) is 0 Å². The van der Waals surface area contributed by atoms with Gasteiger partial charge < -0.3 is 45.2 Å². The SMILES string of the molecule is CCC(CC)CCC(CC[C@@]1(O)OC[C@@H](O)[C@H](O)[C@H]1O)[C@@H]1OC[C@@H](O)[C@H](O)[C@H]1O. The maximum atomic E-state index is 10.7. The second kappa shape index (κ2) is 10.8. The fraction of sp³-hybridized carbons (Fsp3) is 1.00. The minimum Gasteiger partial charge on any atom is -0.388 e. The molecule has 2 aliphatic rings. The first kappa shape index (κ1) is 24.9. The molecule has 0 amide bonds. The summed E-state index contributed by atoms with van der Waals surface area (Å²) in [5.41, 5.74) is 0. The Labute approximate surface area is 171 Å². The van der Waals surface area contributed by atoms with Crippen molar-refractivity contribution >= 4 is 0 Å². The average molecular weight is 423 g/mol. The van der Waals surface area contributed by atoms with Crippen LogP contribution in [0.1, 0.15) is 52.4 Å². The predicted octanol–water partition coefficient (Wildman–Crippen LogP) is -1.12. The zero-order valence-corrected chi connectivity index (χ0v) is 17.3. The molecule has 0 aliphatic carbocycles. The molecule has 9 atom stereocenters. The van der Waals surface area contributed by atoms with Gasteiger partial charge in [-0.2, -0.15) is 0 Å². The van der Waals surface area contributed by atoms with Crippen molar-refractivity contribution in [1.82, 2.24) is 0 Å². The summed E-state index contributed by atoms with van der Waals surface area (Å²) in [6.45, 7) is 3.81. The van der Waals surface area contributed by atoms with Gasteiger partial charge in [0.2, 0.25) is 0 Å². The molecular formula is C20H38O9. The quantitative estimate of drug-likeness (QED) is 0.244. The molecule has 0 spiro atoms. The number of aliphatic hydroxyl groups excluding tert-OH is 6. The summed E-state index contributed by atoms with van der Waals surface area (Å²) in [4.78, 5) is 0. The van der Waals surface area contributed by atoms with E-state index in [2.05, 4.69) is 13.8 Å². The third-order valence-electron chi connectivity index (χ3n) is 6.66. The lowest BCUT2D eigenvalue weighted by Gasteiger charge is -2.44. The number of ether oxygens (including phenoxy) is 2. The Bertz CT molecular complexity index is 489. The molecule has 172 valence electrons. The van der Waals surface area contributed by atoms with Crippen LogP contribution >= 0.6 is 0 Å². The molecule has 1 unspecified atom stereocenters. The smallest absolute Gasteiger partial charge is 0.194 e. The Kier molecular flexibility index (Phi) is 9.27. The van der Waals surface area contributed by atoms with Crippen LogP contribution < -0.4 is 0 Å². The first-order valence-corrected chi connectivity index (χ1v) is 10.7. The van der Waals surface area contributed by atoms with E-state index in [1.54, 1.807) is 0 Å². The number of aliphatic hydroxyl groups is 7. The minimum absolute atomic E-state index is 0.0449. The summed E-state index contributed by atoms with van der Waals surface area (Å²) >= 11 is 0. The van der Waals surface area contributed by atoms with Gasteiger partial charge in [0.1, 0.15) is 36.6 Å². The largest absolute Gasteiger partial charge is 0.388 e. The van der Waals surface area contributed by atoms with Crippen LogP contribution in [0.25, 0.3) is 0 Å². The fourth-order valence-corrected chi connectivity index (χ4v) is 4.37. The highest BCUT2D eigenvalue weighted by Crippen LogP contribution is 2.35. The molecule has 9 nitrogen and oxygen atoms in total. The van der Waals surface area contributed by atoms with Crippen LogP contribution in [0.2, 0.25) is 0 Å². The Hall–Kier alpha value is -0.360. The van der Waals surface area contributed by atoms with Crippen LogP contribution in [0.5, 0.6) is 0 Å². The Morgan fingerprint density at radius 1 is 0.828 bits per heavy atom. The van der Waals surface area contributed by atoms with Gasteiger partial charge in [-0.05, 0) is 24.7 Å². The molecular weight excluding hydrogens is 384 g/mol. The molecule has 2 heterocycles. The van der Waals surface area contributed by atoms with Crippen LogP contribution in [0.4, 0.5) is 0 Å². The van der Waals surface area contributed by atoms with Gasteiger partial charge in [-0.25, -0.2) is 0 Å². The molecule has 0 saturated carbocycles. The fourth-order valence-electron chi connectivity index (χ4n) is 4.37. The van der Waals surface area contributed by atoms with E-state index >= 15 is 0 Å². The lowest BCUT2D eigenvalue weighted by molar-refractivity contribution is -0.325. The van der Waals surface area contributed by atoms with E-state index in [4.69, 9.17) is 9.47 Å². The van der Waals surface area contributed by atoms with Crippen LogP contribution in [-0.2, 0) is 9.47 Å². The zero-order valence-electron chi connectivity index (χ0n) is 17.3. The zero-order chi connectivity index (χ0) is 21.8. The summed E-state index contributed by atoms with van der Waals surface area (Å²) in [6.07, 6.45) is -5.17. The van der Waals surface area contributed by atoms with Crippen LogP contribution in [-0.4, -0.2) is 97.5 Å². The van der Waals surface area contributed by atoms with Crippen molar-refractivity contribution in [2.75, 3.05) is 13.2 Å². The summed E-state index contributed by atoms with van der Waals surface area (Å²) in [5, 5.41) is 70.5. The lowest BCUT2D eigenvalue weighted by atomic mass is 9.80. The summed E-state index contributed by atoms with van der Waals surface area (Å²) in [6, 6.07) is 0. The third-order valence-corrected chi connectivity index (χ3v) is 6.66. The molecule has 7 N–H and O–H groups in total. The maximum absolute atomic E-state index is 10.7. The Balaban J connectivity index is 2.08. The predicted molar refractivity (Wildman–Crippen MR) is 103 cm³/mol. The topological polar surface area (TPSA) is 160 Å².